The van der Waals surface area contributed by atoms with E-state index in [1.54, 1.807) is 55.4 Å². The van der Waals surface area contributed by atoms with Crippen LogP contribution in [0.3, 0.4) is 0 Å². The Morgan fingerprint density at radius 2 is 1.29 bits per heavy atom. The van der Waals surface area contributed by atoms with Crippen LogP contribution in [-0.2, 0) is 30.2 Å². The van der Waals surface area contributed by atoms with Crippen LogP contribution in [0.15, 0.2) is 18.2 Å². The van der Waals surface area contributed by atoms with Crippen LogP contribution < -0.4 is 14.8 Å². The third-order valence-electron chi connectivity index (χ3n) is 7.41. The Balaban J connectivity index is 3.59. The molecule has 0 aliphatic carbocycles. The molecule has 1 aromatic carbocycles. The van der Waals surface area contributed by atoms with Crippen LogP contribution in [-0.4, -0.2) is 52.3 Å². The van der Waals surface area contributed by atoms with E-state index in [0.29, 0.717) is 31.2 Å². The number of nitrogens with one attached hydrogen (secondary N) is 1. The molecule has 1 rings (SSSR count). The lowest BCUT2D eigenvalue weighted by Gasteiger charge is -2.35. The van der Waals surface area contributed by atoms with Gasteiger partial charge in [0.1, 0.15) is 11.2 Å². The zero-order valence-corrected chi connectivity index (χ0v) is 27.0. The summed E-state index contributed by atoms with van der Waals surface area (Å²) in [5.41, 5.74) is -4.41. The van der Waals surface area contributed by atoms with Gasteiger partial charge < -0.3 is 28.8 Å². The minimum absolute atomic E-state index is 0.151. The van der Waals surface area contributed by atoms with Crippen molar-refractivity contribution < 1.29 is 48.0 Å². The lowest BCUT2D eigenvalue weighted by Crippen LogP contribution is -2.60. The molecule has 0 fully saturated rings. The maximum atomic E-state index is 13.1. The highest BCUT2D eigenvalue weighted by molar-refractivity contribution is 5.84. The first-order valence-electron chi connectivity index (χ1n) is 14.4. The molecule has 238 valence electrons. The highest BCUT2D eigenvalue weighted by Crippen LogP contribution is 2.33. The molecule has 0 bridgehead atoms. The maximum Gasteiger partial charge on any atom is 0.514 e. The topological polar surface area (TPSA) is 147 Å². The van der Waals surface area contributed by atoms with Gasteiger partial charge in [0.05, 0.1) is 5.41 Å². The largest absolute Gasteiger partial charge is 0.514 e. The highest BCUT2D eigenvalue weighted by Gasteiger charge is 2.46. The van der Waals surface area contributed by atoms with Crippen LogP contribution in [0.25, 0.3) is 0 Å². The number of carboxylic acids is 1. The highest BCUT2D eigenvalue weighted by atomic mass is 16.8. The van der Waals surface area contributed by atoms with Crippen molar-refractivity contribution in [2.24, 2.45) is 5.41 Å². The molecule has 0 amide bonds. The van der Waals surface area contributed by atoms with E-state index >= 15 is 0 Å². The number of esters is 1. The summed E-state index contributed by atoms with van der Waals surface area (Å²) in [6.45, 7) is 19.3. The average molecular weight is 596 g/mol. The molecule has 0 aliphatic heterocycles. The van der Waals surface area contributed by atoms with E-state index in [-0.39, 0.29) is 24.0 Å². The van der Waals surface area contributed by atoms with Gasteiger partial charge in [-0.2, -0.15) is 0 Å². The fourth-order valence-electron chi connectivity index (χ4n) is 3.17. The number of ether oxygens (including phenoxy) is 5. The van der Waals surface area contributed by atoms with Gasteiger partial charge in [0.25, 0.3) is 5.72 Å². The van der Waals surface area contributed by atoms with Gasteiger partial charge in [0.2, 0.25) is 0 Å². The summed E-state index contributed by atoms with van der Waals surface area (Å²) in [5, 5.41) is 13.3. The van der Waals surface area contributed by atoms with Crippen LogP contribution in [0, 0.1) is 5.41 Å². The van der Waals surface area contributed by atoms with E-state index in [0.717, 1.165) is 0 Å². The fourth-order valence-corrected chi connectivity index (χ4v) is 3.17. The predicted molar refractivity (Wildman–Crippen MR) is 157 cm³/mol. The molecule has 42 heavy (non-hydrogen) atoms. The number of rotatable bonds is 15. The summed E-state index contributed by atoms with van der Waals surface area (Å²) >= 11 is 0. The number of carboxylic acid groups (broad SMARTS) is 1. The molecule has 0 spiro atoms. The number of hydrogen-bond donors (Lipinski definition) is 2. The third kappa shape index (κ3) is 10.8. The summed E-state index contributed by atoms with van der Waals surface area (Å²) in [4.78, 5) is 51.0. The molecule has 11 nitrogen and oxygen atoms in total. The molecule has 0 radical (unpaired) electrons. The van der Waals surface area contributed by atoms with Gasteiger partial charge in [0.15, 0.2) is 11.5 Å². The van der Waals surface area contributed by atoms with Gasteiger partial charge >= 0.3 is 24.2 Å². The molecule has 0 heterocycles. The number of benzene rings is 1. The predicted octanol–water partition coefficient (Wildman–Crippen LogP) is 6.79. The summed E-state index contributed by atoms with van der Waals surface area (Å²) in [5.74, 6) is -2.45. The quantitative estimate of drug-likeness (QED) is 0.0956. The van der Waals surface area contributed by atoms with Crippen molar-refractivity contribution in [1.29, 1.82) is 0 Å². The second kappa shape index (κ2) is 14.7. The Morgan fingerprint density at radius 1 is 0.786 bits per heavy atom. The Hall–Kier alpha value is -3.34. The monoisotopic (exact) mass is 595 g/mol. The van der Waals surface area contributed by atoms with Crippen molar-refractivity contribution in [3.63, 3.8) is 0 Å². The van der Waals surface area contributed by atoms with Gasteiger partial charge in [0, 0.05) is 12.5 Å². The first kappa shape index (κ1) is 36.7. The summed E-state index contributed by atoms with van der Waals surface area (Å²) < 4.78 is 27.3. The van der Waals surface area contributed by atoms with Crippen molar-refractivity contribution in [3.8, 4) is 11.5 Å². The second-order valence-corrected chi connectivity index (χ2v) is 12.3. The minimum Gasteiger partial charge on any atom is -0.477 e. The van der Waals surface area contributed by atoms with Crippen molar-refractivity contribution in [2.75, 3.05) is 0 Å². The molecule has 1 unspecified atom stereocenters. The van der Waals surface area contributed by atoms with Gasteiger partial charge in [-0.05, 0) is 91.8 Å². The number of hydrogen-bond acceptors (Lipinski definition) is 10. The van der Waals surface area contributed by atoms with Crippen molar-refractivity contribution >= 4 is 24.2 Å². The maximum absolute atomic E-state index is 13.1. The molecule has 1 aromatic rings. The normalized spacial score (nSPS) is 14.3. The second-order valence-electron chi connectivity index (χ2n) is 12.3. The summed E-state index contributed by atoms with van der Waals surface area (Å²) in [6.07, 6.45) is -0.392. The fraction of sp³-hybridized carbons (Fsp3) is 0.677. The molecule has 2 atom stereocenters. The SMILES string of the molecule is CCC(C)N[C@@](Cc1ccc(OC(=O)OC(C)(C)CC)c(OC(=O)OC(C)(C)CC)c1)(OC(=O)C(C)(C)CC)C(=O)O. The molecule has 0 saturated heterocycles. The summed E-state index contributed by atoms with van der Waals surface area (Å²) in [6, 6.07) is 3.83. The molecule has 0 aliphatic rings. The van der Waals surface area contributed by atoms with E-state index in [1.165, 1.54) is 18.2 Å². The zero-order valence-electron chi connectivity index (χ0n) is 27.0. The van der Waals surface area contributed by atoms with Crippen LogP contribution in [0.1, 0.15) is 107 Å². The van der Waals surface area contributed by atoms with Gasteiger partial charge in [-0.25, -0.2) is 14.4 Å². The number of aliphatic carboxylic acids is 1. The minimum atomic E-state index is -2.15. The van der Waals surface area contributed by atoms with Crippen LogP contribution in [0.4, 0.5) is 9.59 Å². The zero-order chi connectivity index (χ0) is 32.5. The van der Waals surface area contributed by atoms with Crippen molar-refractivity contribution in [3.05, 3.63) is 23.8 Å². The van der Waals surface area contributed by atoms with Gasteiger partial charge in [-0.1, -0.05) is 33.8 Å². The van der Waals surface area contributed by atoms with Crippen LogP contribution in [0.5, 0.6) is 11.5 Å². The molecular weight excluding hydrogens is 546 g/mol. The van der Waals surface area contributed by atoms with E-state index in [9.17, 15) is 24.3 Å². The molecule has 0 aromatic heterocycles. The average Bonchev–Trinajstić information content (AvgIpc) is 2.89. The van der Waals surface area contributed by atoms with Crippen molar-refractivity contribution in [1.82, 2.24) is 5.32 Å². The molecular formula is C31H49NO10. The van der Waals surface area contributed by atoms with Crippen molar-refractivity contribution in [2.45, 2.75) is 131 Å². The van der Waals surface area contributed by atoms with Gasteiger partial charge in [-0.3, -0.25) is 10.1 Å². The smallest absolute Gasteiger partial charge is 0.477 e. The lowest BCUT2D eigenvalue weighted by atomic mass is 9.90. The Bertz CT molecular complexity index is 1110. The van der Waals surface area contributed by atoms with E-state index in [1.807, 2.05) is 20.8 Å². The molecule has 0 saturated carbocycles. The van der Waals surface area contributed by atoms with E-state index < -0.39 is 46.6 Å². The first-order chi connectivity index (χ1) is 19.2. The molecule has 11 heteroatoms. The number of carbonyl (C=O) groups is 4. The standard InChI is InChI=1S/C31H49NO10/c1-12-20(5)32-31(24(33)34,40-25(35)28(6,7)13-2)19-21-16-17-22(38-26(36)41-29(8,9)14-3)23(18-21)39-27(37)42-30(10,11)15-4/h16-18,20,32H,12-15,19H2,1-11H3,(H,33,34)/t20?,31-/m0/s1. The third-order valence-corrected chi connectivity index (χ3v) is 7.41. The van der Waals surface area contributed by atoms with Crippen LogP contribution >= 0.6 is 0 Å². The van der Waals surface area contributed by atoms with E-state index in [4.69, 9.17) is 23.7 Å². The van der Waals surface area contributed by atoms with Crippen LogP contribution in [0.2, 0.25) is 0 Å². The summed E-state index contributed by atoms with van der Waals surface area (Å²) in [7, 11) is 0. The Labute approximate surface area is 249 Å². The lowest BCUT2D eigenvalue weighted by molar-refractivity contribution is -0.191. The molecule has 2 N–H and O–H groups in total. The Morgan fingerprint density at radius 3 is 1.71 bits per heavy atom. The van der Waals surface area contributed by atoms with Gasteiger partial charge in [-0.15, -0.1) is 0 Å². The first-order valence-corrected chi connectivity index (χ1v) is 14.4. The van der Waals surface area contributed by atoms with E-state index in [2.05, 4.69) is 5.32 Å². The number of carbonyl (C=O) groups excluding carboxylic acids is 3. The Kier molecular flexibility index (Phi) is 12.8.